The Kier molecular flexibility index (Phi) is 6.49. The highest BCUT2D eigenvalue weighted by atomic mass is 35.7. The van der Waals surface area contributed by atoms with E-state index in [2.05, 4.69) is 0 Å². The van der Waals surface area contributed by atoms with Gasteiger partial charge in [0.15, 0.2) is 9.84 Å². The molecule has 1 aromatic rings. The van der Waals surface area contributed by atoms with E-state index < -0.39 is 18.9 Å². The van der Waals surface area contributed by atoms with Crippen LogP contribution in [0.1, 0.15) is 19.8 Å². The van der Waals surface area contributed by atoms with Gasteiger partial charge in [-0.3, -0.25) is 0 Å². The Bertz CT molecular complexity index is 650. The van der Waals surface area contributed by atoms with Crippen molar-refractivity contribution in [2.24, 2.45) is 5.92 Å². The van der Waals surface area contributed by atoms with Crippen molar-refractivity contribution in [3.63, 3.8) is 0 Å². The largest absolute Gasteiger partial charge is 0.494 e. The molecule has 0 amide bonds. The Labute approximate surface area is 130 Å². The zero-order valence-corrected chi connectivity index (χ0v) is 14.3. The highest BCUT2D eigenvalue weighted by molar-refractivity contribution is 8.13. The van der Waals surface area contributed by atoms with Crippen LogP contribution in [0.3, 0.4) is 0 Å². The maximum atomic E-state index is 11.3. The first-order chi connectivity index (χ1) is 9.58. The van der Waals surface area contributed by atoms with Crippen LogP contribution < -0.4 is 4.74 Å². The summed E-state index contributed by atoms with van der Waals surface area (Å²) in [5.41, 5.74) is 0. The van der Waals surface area contributed by atoms with E-state index in [0.717, 1.165) is 6.26 Å². The van der Waals surface area contributed by atoms with Crippen LogP contribution in [-0.4, -0.2) is 35.5 Å². The SMILES string of the molecule is CC(CCOc1ccc(S(C)(=O)=O)cc1)CCS(=O)(=O)Cl. The summed E-state index contributed by atoms with van der Waals surface area (Å²) in [6, 6.07) is 6.19. The van der Waals surface area contributed by atoms with E-state index in [4.69, 9.17) is 15.4 Å². The predicted molar refractivity (Wildman–Crippen MR) is 83.1 cm³/mol. The van der Waals surface area contributed by atoms with Crippen LogP contribution in [0.15, 0.2) is 29.2 Å². The maximum Gasteiger partial charge on any atom is 0.232 e. The minimum atomic E-state index is -3.44. The Morgan fingerprint density at radius 2 is 1.67 bits per heavy atom. The highest BCUT2D eigenvalue weighted by Crippen LogP contribution is 2.17. The molecule has 0 bridgehead atoms. The van der Waals surface area contributed by atoms with E-state index in [9.17, 15) is 16.8 Å². The van der Waals surface area contributed by atoms with Crippen molar-refractivity contribution in [2.45, 2.75) is 24.7 Å². The van der Waals surface area contributed by atoms with Gasteiger partial charge < -0.3 is 4.74 Å². The summed E-state index contributed by atoms with van der Waals surface area (Å²) in [7, 11) is -1.49. The fraction of sp³-hybridized carbons (Fsp3) is 0.538. The molecule has 1 unspecified atom stereocenters. The minimum Gasteiger partial charge on any atom is -0.494 e. The summed E-state index contributed by atoms with van der Waals surface area (Å²) < 4.78 is 49.8. The summed E-state index contributed by atoms with van der Waals surface area (Å²) in [5, 5.41) is 0. The van der Waals surface area contributed by atoms with Crippen LogP contribution in [-0.2, 0) is 18.9 Å². The molecule has 5 nitrogen and oxygen atoms in total. The van der Waals surface area contributed by atoms with Crippen molar-refractivity contribution in [3.05, 3.63) is 24.3 Å². The summed E-state index contributed by atoms with van der Waals surface area (Å²) >= 11 is 0. The lowest BCUT2D eigenvalue weighted by atomic mass is 10.1. The van der Waals surface area contributed by atoms with Crippen LogP contribution in [0, 0.1) is 5.92 Å². The molecule has 0 saturated carbocycles. The molecule has 0 spiro atoms. The third-order valence-corrected chi connectivity index (χ3v) is 5.30. The number of ether oxygens (including phenoxy) is 1. The molecule has 0 aromatic heterocycles. The first-order valence-electron chi connectivity index (χ1n) is 6.43. The van der Waals surface area contributed by atoms with E-state index in [1.54, 1.807) is 12.1 Å². The molecule has 1 rings (SSSR count). The van der Waals surface area contributed by atoms with Gasteiger partial charge in [0.1, 0.15) is 5.75 Å². The van der Waals surface area contributed by atoms with Gasteiger partial charge in [-0.05, 0) is 43.0 Å². The Balaban J connectivity index is 2.39. The van der Waals surface area contributed by atoms with Crippen LogP contribution in [0.4, 0.5) is 0 Å². The van der Waals surface area contributed by atoms with E-state index in [-0.39, 0.29) is 16.6 Å². The monoisotopic (exact) mass is 354 g/mol. The fourth-order valence-electron chi connectivity index (χ4n) is 1.65. The van der Waals surface area contributed by atoms with Crippen LogP contribution >= 0.6 is 10.7 Å². The van der Waals surface area contributed by atoms with Crippen molar-refractivity contribution in [2.75, 3.05) is 18.6 Å². The lowest BCUT2D eigenvalue weighted by molar-refractivity contribution is 0.282. The van der Waals surface area contributed by atoms with E-state index >= 15 is 0 Å². The molecular formula is C13H19ClO5S2. The number of rotatable bonds is 8. The Morgan fingerprint density at radius 3 is 2.14 bits per heavy atom. The van der Waals surface area contributed by atoms with E-state index in [1.165, 1.54) is 12.1 Å². The molecule has 1 atom stereocenters. The molecule has 0 aliphatic rings. The average Bonchev–Trinajstić information content (AvgIpc) is 2.35. The van der Waals surface area contributed by atoms with Gasteiger partial charge in [0.05, 0.1) is 17.3 Å². The second kappa shape index (κ2) is 7.47. The molecule has 0 saturated heterocycles. The molecule has 0 aliphatic carbocycles. The van der Waals surface area contributed by atoms with Crippen LogP contribution in [0.5, 0.6) is 5.75 Å². The number of hydrogen-bond donors (Lipinski definition) is 0. The van der Waals surface area contributed by atoms with Gasteiger partial charge in [0.25, 0.3) is 0 Å². The zero-order valence-electron chi connectivity index (χ0n) is 12.0. The van der Waals surface area contributed by atoms with Gasteiger partial charge in [-0.25, -0.2) is 16.8 Å². The third-order valence-electron chi connectivity index (χ3n) is 2.99. The lowest BCUT2D eigenvalue weighted by Gasteiger charge is -2.11. The quantitative estimate of drug-likeness (QED) is 0.670. The second-order valence-corrected chi connectivity index (χ2v) is 9.93. The molecule has 0 heterocycles. The topological polar surface area (TPSA) is 77.5 Å². The van der Waals surface area contributed by atoms with Gasteiger partial charge in [-0.1, -0.05) is 6.92 Å². The first-order valence-corrected chi connectivity index (χ1v) is 10.8. The molecule has 0 N–H and O–H groups in total. The van der Waals surface area contributed by atoms with Crippen molar-refractivity contribution < 1.29 is 21.6 Å². The Morgan fingerprint density at radius 1 is 1.10 bits per heavy atom. The van der Waals surface area contributed by atoms with Crippen LogP contribution in [0.25, 0.3) is 0 Å². The summed E-state index contributed by atoms with van der Waals surface area (Å²) in [6.45, 7) is 2.36. The predicted octanol–water partition coefficient (Wildman–Crippen LogP) is 2.45. The fourth-order valence-corrected chi connectivity index (χ4v) is 3.23. The average molecular weight is 355 g/mol. The van der Waals surface area contributed by atoms with E-state index in [0.29, 0.717) is 25.2 Å². The van der Waals surface area contributed by atoms with E-state index in [1.807, 2.05) is 6.92 Å². The number of hydrogen-bond acceptors (Lipinski definition) is 5. The molecular weight excluding hydrogens is 336 g/mol. The second-order valence-electron chi connectivity index (χ2n) is 5.02. The van der Waals surface area contributed by atoms with Gasteiger partial charge in [-0.15, -0.1) is 0 Å². The molecule has 21 heavy (non-hydrogen) atoms. The summed E-state index contributed by atoms with van der Waals surface area (Å²) in [5.74, 6) is 0.715. The molecule has 120 valence electrons. The third kappa shape index (κ3) is 7.68. The highest BCUT2D eigenvalue weighted by Gasteiger charge is 2.10. The van der Waals surface area contributed by atoms with Crippen molar-refractivity contribution in [1.82, 2.24) is 0 Å². The summed E-state index contributed by atoms with van der Waals surface area (Å²) in [6.07, 6.45) is 2.33. The molecule has 0 radical (unpaired) electrons. The van der Waals surface area contributed by atoms with Gasteiger partial charge >= 0.3 is 0 Å². The number of sulfone groups is 1. The molecule has 8 heteroatoms. The maximum absolute atomic E-state index is 11.3. The molecule has 1 aromatic carbocycles. The van der Waals surface area contributed by atoms with Crippen molar-refractivity contribution in [3.8, 4) is 5.75 Å². The minimum absolute atomic E-state index is 0.0429. The standard InChI is InChI=1S/C13H19ClO5S2/c1-11(8-10-21(14,17)18)7-9-19-12-3-5-13(6-4-12)20(2,15)16/h3-6,11H,7-10H2,1-2H3. The zero-order chi connectivity index (χ0) is 16.1. The van der Waals surface area contributed by atoms with Crippen LogP contribution in [0.2, 0.25) is 0 Å². The lowest BCUT2D eigenvalue weighted by Crippen LogP contribution is -2.08. The number of halogens is 1. The van der Waals surface area contributed by atoms with Gasteiger partial charge in [-0.2, -0.15) is 0 Å². The first kappa shape index (κ1) is 18.3. The van der Waals surface area contributed by atoms with Crippen molar-refractivity contribution in [1.29, 1.82) is 0 Å². The smallest absolute Gasteiger partial charge is 0.232 e. The Hall–Kier alpha value is -0.790. The van der Waals surface area contributed by atoms with Crippen molar-refractivity contribution >= 4 is 29.6 Å². The molecule has 0 aliphatic heterocycles. The summed E-state index contributed by atoms with van der Waals surface area (Å²) in [4.78, 5) is 0.246. The van der Waals surface area contributed by atoms with Gasteiger partial charge in [0.2, 0.25) is 9.05 Å². The normalized spacial score (nSPS) is 13.9. The van der Waals surface area contributed by atoms with Gasteiger partial charge in [0, 0.05) is 16.9 Å². The molecule has 0 fully saturated rings. The number of benzene rings is 1.